The maximum Gasteiger partial charge on any atom is 0.222 e. The first kappa shape index (κ1) is 19.2. The molecule has 0 atom stereocenters. The zero-order chi connectivity index (χ0) is 21.0. The van der Waals surface area contributed by atoms with E-state index in [1.807, 2.05) is 29.2 Å². The number of aromatic nitrogens is 2. The van der Waals surface area contributed by atoms with Crippen molar-refractivity contribution >= 4 is 22.6 Å². The van der Waals surface area contributed by atoms with Gasteiger partial charge in [-0.1, -0.05) is 60.7 Å². The number of anilines is 1. The van der Waals surface area contributed by atoms with E-state index in [0.29, 0.717) is 19.5 Å². The summed E-state index contributed by atoms with van der Waals surface area (Å²) in [6.07, 6.45) is 3.25. The Morgan fingerprint density at radius 1 is 0.903 bits per heavy atom. The molecule has 3 aromatic carbocycles. The van der Waals surface area contributed by atoms with E-state index in [1.54, 1.807) is 6.33 Å². The van der Waals surface area contributed by atoms with Gasteiger partial charge in [-0.3, -0.25) is 4.79 Å². The van der Waals surface area contributed by atoms with Gasteiger partial charge in [0.05, 0.1) is 5.52 Å². The SMILES string of the molecule is O=C1CCCN1Cc1ccc(-c2ccccc2CNc2ncnc3ccccc23)cc1. The molecule has 0 unspecified atom stereocenters. The van der Waals surface area contributed by atoms with Crippen molar-refractivity contribution in [2.75, 3.05) is 11.9 Å². The number of fused-ring (bicyclic) bond motifs is 1. The van der Waals surface area contributed by atoms with E-state index in [4.69, 9.17) is 0 Å². The fourth-order valence-corrected chi connectivity index (χ4v) is 4.16. The van der Waals surface area contributed by atoms with Gasteiger partial charge >= 0.3 is 0 Å². The van der Waals surface area contributed by atoms with Crippen LogP contribution in [0.4, 0.5) is 5.82 Å². The van der Waals surface area contributed by atoms with Crippen LogP contribution in [0.5, 0.6) is 0 Å². The molecule has 1 saturated heterocycles. The van der Waals surface area contributed by atoms with Crippen LogP contribution in [0.15, 0.2) is 79.1 Å². The second kappa shape index (κ2) is 8.56. The van der Waals surface area contributed by atoms with Gasteiger partial charge in [0.15, 0.2) is 0 Å². The Labute approximate surface area is 181 Å². The summed E-state index contributed by atoms with van der Waals surface area (Å²) in [7, 11) is 0. The first-order valence-corrected chi connectivity index (χ1v) is 10.7. The fourth-order valence-electron chi connectivity index (χ4n) is 4.16. The molecule has 1 aliphatic rings. The van der Waals surface area contributed by atoms with Crippen LogP contribution in [0.25, 0.3) is 22.0 Å². The molecule has 2 heterocycles. The van der Waals surface area contributed by atoms with Gasteiger partial charge in [-0.25, -0.2) is 9.97 Å². The molecular formula is C26H24N4O. The molecular weight excluding hydrogens is 384 g/mol. The van der Waals surface area contributed by atoms with Gasteiger partial charge in [0, 0.05) is 31.4 Å². The second-order valence-electron chi connectivity index (χ2n) is 7.87. The average molecular weight is 409 g/mol. The zero-order valence-electron chi connectivity index (χ0n) is 17.3. The summed E-state index contributed by atoms with van der Waals surface area (Å²) in [5.74, 6) is 1.10. The molecule has 1 N–H and O–H groups in total. The van der Waals surface area contributed by atoms with E-state index >= 15 is 0 Å². The van der Waals surface area contributed by atoms with Gasteiger partial charge in [0.1, 0.15) is 12.1 Å². The lowest BCUT2D eigenvalue weighted by Crippen LogP contribution is -2.23. The van der Waals surface area contributed by atoms with Crippen LogP contribution < -0.4 is 5.32 Å². The van der Waals surface area contributed by atoms with Gasteiger partial charge in [0.25, 0.3) is 0 Å². The molecule has 5 heteroatoms. The lowest BCUT2D eigenvalue weighted by molar-refractivity contribution is -0.128. The third-order valence-electron chi connectivity index (χ3n) is 5.82. The average Bonchev–Trinajstić information content (AvgIpc) is 3.22. The minimum Gasteiger partial charge on any atom is -0.365 e. The van der Waals surface area contributed by atoms with Crippen LogP contribution in [0.1, 0.15) is 24.0 Å². The number of amides is 1. The Kier molecular flexibility index (Phi) is 5.31. The molecule has 1 aromatic heterocycles. The van der Waals surface area contributed by atoms with Crippen molar-refractivity contribution in [2.45, 2.75) is 25.9 Å². The largest absolute Gasteiger partial charge is 0.365 e. The van der Waals surface area contributed by atoms with E-state index in [2.05, 4.69) is 63.8 Å². The van der Waals surface area contributed by atoms with Crippen LogP contribution in [-0.2, 0) is 17.9 Å². The molecule has 31 heavy (non-hydrogen) atoms. The van der Waals surface area contributed by atoms with Gasteiger partial charge in [-0.05, 0) is 40.8 Å². The minimum atomic E-state index is 0.262. The van der Waals surface area contributed by atoms with Gasteiger partial charge in [-0.15, -0.1) is 0 Å². The smallest absolute Gasteiger partial charge is 0.222 e. The number of nitrogens with zero attached hydrogens (tertiary/aromatic N) is 3. The van der Waals surface area contributed by atoms with Gasteiger partial charge < -0.3 is 10.2 Å². The molecule has 0 radical (unpaired) electrons. The molecule has 0 spiro atoms. The Hall–Kier alpha value is -3.73. The Bertz CT molecular complexity index is 1210. The highest BCUT2D eigenvalue weighted by Crippen LogP contribution is 2.26. The summed E-state index contributed by atoms with van der Waals surface area (Å²) in [5, 5.41) is 4.50. The summed E-state index contributed by atoms with van der Waals surface area (Å²) in [4.78, 5) is 22.6. The van der Waals surface area contributed by atoms with Gasteiger partial charge in [-0.2, -0.15) is 0 Å². The van der Waals surface area contributed by atoms with E-state index < -0.39 is 0 Å². The van der Waals surface area contributed by atoms with Crippen LogP contribution >= 0.6 is 0 Å². The number of carbonyl (C=O) groups is 1. The molecule has 4 aromatic rings. The summed E-state index contributed by atoms with van der Waals surface area (Å²) < 4.78 is 0. The highest BCUT2D eigenvalue weighted by atomic mass is 16.2. The van der Waals surface area contributed by atoms with Crippen molar-refractivity contribution in [3.05, 3.63) is 90.3 Å². The molecule has 5 rings (SSSR count). The van der Waals surface area contributed by atoms with E-state index in [9.17, 15) is 4.79 Å². The second-order valence-corrected chi connectivity index (χ2v) is 7.87. The highest BCUT2D eigenvalue weighted by molar-refractivity contribution is 5.88. The number of para-hydroxylation sites is 1. The quantitative estimate of drug-likeness (QED) is 0.486. The number of benzene rings is 3. The van der Waals surface area contributed by atoms with Crippen molar-refractivity contribution in [3.63, 3.8) is 0 Å². The molecule has 1 amide bonds. The van der Waals surface area contributed by atoms with E-state index in [1.165, 1.54) is 22.3 Å². The number of hydrogen-bond acceptors (Lipinski definition) is 4. The van der Waals surface area contributed by atoms with E-state index in [-0.39, 0.29) is 5.91 Å². The Balaban J connectivity index is 1.35. The number of nitrogens with one attached hydrogen (secondary N) is 1. The number of hydrogen-bond donors (Lipinski definition) is 1. The molecule has 1 aliphatic heterocycles. The summed E-state index contributed by atoms with van der Waals surface area (Å²) in [5.41, 5.74) is 5.66. The van der Waals surface area contributed by atoms with Crippen LogP contribution in [0.2, 0.25) is 0 Å². The minimum absolute atomic E-state index is 0.262. The van der Waals surface area contributed by atoms with Crippen LogP contribution in [0, 0.1) is 0 Å². The summed E-state index contributed by atoms with van der Waals surface area (Å²) >= 11 is 0. The molecule has 154 valence electrons. The van der Waals surface area contributed by atoms with Crippen molar-refractivity contribution in [3.8, 4) is 11.1 Å². The number of carbonyl (C=O) groups excluding carboxylic acids is 1. The third-order valence-corrected chi connectivity index (χ3v) is 5.82. The lowest BCUT2D eigenvalue weighted by atomic mass is 9.98. The van der Waals surface area contributed by atoms with Crippen LogP contribution in [-0.4, -0.2) is 27.3 Å². The Morgan fingerprint density at radius 3 is 2.55 bits per heavy atom. The summed E-state index contributed by atoms with van der Waals surface area (Å²) in [6, 6.07) is 25.0. The first-order chi connectivity index (χ1) is 15.3. The maximum atomic E-state index is 11.9. The van der Waals surface area contributed by atoms with Crippen molar-refractivity contribution < 1.29 is 4.79 Å². The van der Waals surface area contributed by atoms with Gasteiger partial charge in [0.2, 0.25) is 5.91 Å². The molecule has 1 fully saturated rings. The standard InChI is InChI=1S/C26H24N4O/c31-25-10-5-15-30(25)17-19-11-13-20(14-12-19)22-7-2-1-6-21(22)16-27-26-23-8-3-4-9-24(23)28-18-29-26/h1-4,6-9,11-14,18H,5,10,15-17H2,(H,27,28,29). The zero-order valence-corrected chi connectivity index (χ0v) is 17.3. The molecule has 5 nitrogen and oxygen atoms in total. The molecule has 0 aliphatic carbocycles. The Morgan fingerprint density at radius 2 is 1.71 bits per heavy atom. The highest BCUT2D eigenvalue weighted by Gasteiger charge is 2.19. The van der Waals surface area contributed by atoms with Crippen molar-refractivity contribution in [2.24, 2.45) is 0 Å². The fraction of sp³-hybridized carbons (Fsp3) is 0.192. The van der Waals surface area contributed by atoms with E-state index in [0.717, 1.165) is 29.7 Å². The summed E-state index contributed by atoms with van der Waals surface area (Å²) in [6.45, 7) is 2.23. The topological polar surface area (TPSA) is 58.1 Å². The molecule has 0 bridgehead atoms. The normalized spacial score (nSPS) is 13.7. The van der Waals surface area contributed by atoms with Crippen molar-refractivity contribution in [1.82, 2.24) is 14.9 Å². The predicted octanol–water partition coefficient (Wildman–Crippen LogP) is 5.03. The maximum absolute atomic E-state index is 11.9. The van der Waals surface area contributed by atoms with Crippen molar-refractivity contribution in [1.29, 1.82) is 0 Å². The lowest BCUT2D eigenvalue weighted by Gasteiger charge is -2.16. The monoisotopic (exact) mass is 408 g/mol. The first-order valence-electron chi connectivity index (χ1n) is 10.7. The predicted molar refractivity (Wildman–Crippen MR) is 123 cm³/mol. The number of likely N-dealkylation sites (tertiary alicyclic amines) is 1. The number of rotatable bonds is 6. The third kappa shape index (κ3) is 4.12. The molecule has 0 saturated carbocycles. The van der Waals surface area contributed by atoms with Crippen LogP contribution in [0.3, 0.4) is 0 Å².